The Labute approximate surface area is 327 Å². The summed E-state index contributed by atoms with van der Waals surface area (Å²) < 4.78 is 8.54. The first-order chi connectivity index (χ1) is 24.9. The first-order valence-electron chi connectivity index (χ1n) is 18.1. The molecule has 0 atom stereocenters. The van der Waals surface area contributed by atoms with Crippen LogP contribution >= 0.6 is 0 Å². The maximum Gasteiger partial charge on any atom is 0.216 e. The van der Waals surface area contributed by atoms with E-state index in [1.807, 2.05) is 36.4 Å². The molecule has 0 saturated carbocycles. The molecule has 8 rings (SSSR count). The van der Waals surface area contributed by atoms with Gasteiger partial charge in [-0.1, -0.05) is 92.8 Å². The molecule has 0 aliphatic heterocycles. The molecule has 0 fully saturated rings. The number of para-hydroxylation sites is 2. The molecule has 53 heavy (non-hydrogen) atoms. The summed E-state index contributed by atoms with van der Waals surface area (Å²) in [6.45, 7) is 20.3. The fraction of sp³-hybridized carbons (Fsp3) is 0.239. The van der Waals surface area contributed by atoms with Gasteiger partial charge in [0.15, 0.2) is 0 Å². The van der Waals surface area contributed by atoms with Crippen LogP contribution in [0, 0.1) is 45.7 Å². The molecule has 4 heterocycles. The molecule has 0 amide bonds. The molecule has 8 aromatic rings. The van der Waals surface area contributed by atoms with Crippen LogP contribution in [0.25, 0.3) is 61.4 Å². The van der Waals surface area contributed by atoms with E-state index in [2.05, 4.69) is 143 Å². The Balaban J connectivity index is 0.000000199. The zero-order valence-electron chi connectivity index (χ0n) is 32.1. The van der Waals surface area contributed by atoms with E-state index in [1.165, 1.54) is 27.4 Å². The van der Waals surface area contributed by atoms with Gasteiger partial charge in [-0.15, -0.1) is 53.6 Å². The summed E-state index contributed by atoms with van der Waals surface area (Å²) in [6.07, 6.45) is 5.00. The standard InChI is InChI=1S/C28H22N3O.C18H24NSi.Ir/c1-16-14-18(3)25(19(4)15-16)31-23-10-6-5-9-22(23)30-27(31)21-12-11-17(2)24-20-8-7-13-29-28(20)32-26(21)24;1-14(2)11-16-12-17(15-9-7-6-8-10-15)19-13-18(16)20(3,4)5;/h5-11,13-15H,1-4H3;6-9,12-14H,11H2,1-5H3;/q2*-1;. The van der Waals surface area contributed by atoms with Crippen molar-refractivity contribution >= 4 is 46.4 Å². The van der Waals surface area contributed by atoms with E-state index in [9.17, 15) is 0 Å². The molecule has 0 aliphatic rings. The molecule has 0 bridgehead atoms. The molecule has 0 saturated heterocycles. The first-order valence-corrected chi connectivity index (χ1v) is 21.6. The fourth-order valence-corrected chi connectivity index (χ4v) is 9.00. The van der Waals surface area contributed by atoms with Crippen molar-refractivity contribution in [2.24, 2.45) is 5.92 Å². The van der Waals surface area contributed by atoms with E-state index >= 15 is 0 Å². The molecule has 7 heteroatoms. The summed E-state index contributed by atoms with van der Waals surface area (Å²) in [4.78, 5) is 14.2. The first kappa shape index (κ1) is 38.1. The van der Waals surface area contributed by atoms with E-state index in [1.54, 1.807) is 6.20 Å². The van der Waals surface area contributed by atoms with Gasteiger partial charge in [-0.2, -0.15) is 0 Å². The van der Waals surface area contributed by atoms with Crippen molar-refractivity contribution in [2.75, 3.05) is 0 Å². The summed E-state index contributed by atoms with van der Waals surface area (Å²) >= 11 is 0. The van der Waals surface area contributed by atoms with Crippen LogP contribution in [0.15, 0.2) is 102 Å². The van der Waals surface area contributed by atoms with E-state index in [0.717, 1.165) is 67.7 Å². The van der Waals surface area contributed by atoms with Crippen LogP contribution < -0.4 is 5.19 Å². The number of nitrogens with zero attached hydrogens (tertiary/aromatic N) is 4. The van der Waals surface area contributed by atoms with Crippen LogP contribution in [0.1, 0.15) is 41.7 Å². The maximum absolute atomic E-state index is 6.29. The quantitative estimate of drug-likeness (QED) is 0.123. The van der Waals surface area contributed by atoms with Gasteiger partial charge in [-0.05, 0) is 79.4 Å². The van der Waals surface area contributed by atoms with Gasteiger partial charge in [-0.25, -0.2) is 4.98 Å². The minimum atomic E-state index is -1.34. The molecule has 1 radical (unpaired) electrons. The van der Waals surface area contributed by atoms with Gasteiger partial charge in [-0.3, -0.25) is 4.98 Å². The van der Waals surface area contributed by atoms with Crippen LogP contribution in [0.5, 0.6) is 0 Å². The summed E-state index contributed by atoms with van der Waals surface area (Å²) in [7, 11) is -1.34. The normalized spacial score (nSPS) is 11.6. The van der Waals surface area contributed by atoms with Crippen molar-refractivity contribution in [3.8, 4) is 28.3 Å². The number of hydrogen-bond acceptors (Lipinski definition) is 4. The molecular weight excluding hydrogens is 845 g/mol. The summed E-state index contributed by atoms with van der Waals surface area (Å²) in [5, 5.41) is 3.57. The summed E-state index contributed by atoms with van der Waals surface area (Å²) in [5.74, 6) is 1.49. The Morgan fingerprint density at radius 3 is 2.26 bits per heavy atom. The molecule has 4 aromatic carbocycles. The van der Waals surface area contributed by atoms with Crippen LogP contribution in [-0.4, -0.2) is 27.6 Å². The molecule has 0 aliphatic carbocycles. The molecule has 4 aromatic heterocycles. The molecule has 5 nitrogen and oxygen atoms in total. The van der Waals surface area contributed by atoms with Crippen LogP contribution in [0.3, 0.4) is 0 Å². The number of fused-ring (bicyclic) bond motifs is 4. The van der Waals surface area contributed by atoms with Gasteiger partial charge in [0.25, 0.3) is 0 Å². The van der Waals surface area contributed by atoms with E-state index in [0.29, 0.717) is 11.6 Å². The van der Waals surface area contributed by atoms with Crippen LogP contribution in [-0.2, 0) is 26.5 Å². The molecule has 0 spiro atoms. The molecule has 271 valence electrons. The van der Waals surface area contributed by atoms with Gasteiger partial charge in [0.1, 0.15) is 0 Å². The monoisotopic (exact) mass is 891 g/mol. The zero-order chi connectivity index (χ0) is 36.7. The Morgan fingerprint density at radius 2 is 1.57 bits per heavy atom. The smallest absolute Gasteiger partial charge is 0.216 e. The average molecular weight is 891 g/mol. The van der Waals surface area contributed by atoms with Gasteiger partial charge in [0.05, 0.1) is 30.5 Å². The number of furan rings is 1. The van der Waals surface area contributed by atoms with Gasteiger partial charge >= 0.3 is 0 Å². The fourth-order valence-electron chi connectivity index (χ4n) is 7.41. The van der Waals surface area contributed by atoms with Crippen molar-refractivity contribution in [2.45, 2.75) is 67.6 Å². The van der Waals surface area contributed by atoms with Crippen LogP contribution in [0.2, 0.25) is 19.6 Å². The minimum absolute atomic E-state index is 0. The number of rotatable bonds is 6. The van der Waals surface area contributed by atoms with Crippen molar-refractivity contribution in [1.82, 2.24) is 19.5 Å². The second kappa shape index (κ2) is 15.4. The number of aromatic nitrogens is 4. The van der Waals surface area contributed by atoms with Crippen molar-refractivity contribution in [3.63, 3.8) is 0 Å². The Kier molecular flexibility index (Phi) is 11.0. The summed E-state index contributed by atoms with van der Waals surface area (Å²) in [5.41, 5.74) is 13.8. The van der Waals surface area contributed by atoms with Gasteiger partial charge in [0.2, 0.25) is 5.71 Å². The van der Waals surface area contributed by atoms with Gasteiger partial charge < -0.3 is 14.0 Å². The maximum atomic E-state index is 6.29. The third kappa shape index (κ3) is 7.57. The number of benzene rings is 4. The van der Waals surface area contributed by atoms with Crippen molar-refractivity contribution < 1.29 is 24.5 Å². The average Bonchev–Trinajstić information content (AvgIpc) is 3.68. The Bertz CT molecular complexity index is 2540. The third-order valence-corrected chi connectivity index (χ3v) is 11.6. The summed E-state index contributed by atoms with van der Waals surface area (Å²) in [6, 6.07) is 35.8. The number of imidazole rings is 1. The third-order valence-electron chi connectivity index (χ3n) is 9.57. The second-order valence-corrected chi connectivity index (χ2v) is 20.4. The van der Waals surface area contributed by atoms with Gasteiger partial charge in [0, 0.05) is 43.6 Å². The molecule has 0 N–H and O–H groups in total. The second-order valence-electron chi connectivity index (χ2n) is 15.4. The molecular formula is C46H46IrN4OSi-2. The number of pyridine rings is 2. The predicted molar refractivity (Wildman–Crippen MR) is 219 cm³/mol. The van der Waals surface area contributed by atoms with E-state index in [-0.39, 0.29) is 20.1 Å². The molecule has 0 unspecified atom stereocenters. The van der Waals surface area contributed by atoms with E-state index < -0.39 is 8.07 Å². The van der Waals surface area contributed by atoms with E-state index in [4.69, 9.17) is 9.40 Å². The topological polar surface area (TPSA) is 56.7 Å². The van der Waals surface area contributed by atoms with Crippen LogP contribution in [0.4, 0.5) is 0 Å². The zero-order valence-corrected chi connectivity index (χ0v) is 35.4. The minimum Gasteiger partial charge on any atom is -0.486 e. The predicted octanol–water partition coefficient (Wildman–Crippen LogP) is 11.3. The Morgan fingerprint density at radius 1 is 0.830 bits per heavy atom. The Hall–Kier alpha value is -4.68. The van der Waals surface area contributed by atoms with Crippen molar-refractivity contribution in [3.05, 3.63) is 137 Å². The number of hydrogen-bond donors (Lipinski definition) is 0. The SMILES string of the molecule is CC(C)Cc1cc(-c2[c-]cccc2)ncc1[Si](C)(C)C.Cc1cc(C)c(-n2c(-c3[c-]cc(C)c4c3oc3ncccc34)nc3ccccc32)c(C)c1.[Ir]. The number of aryl methyl sites for hydroxylation is 4. The van der Waals surface area contributed by atoms with Crippen molar-refractivity contribution in [1.29, 1.82) is 0 Å². The largest absolute Gasteiger partial charge is 0.486 e.